The molecule has 0 bridgehead atoms. The largest absolute Gasteiger partial charge is 0.394 e. The summed E-state index contributed by atoms with van der Waals surface area (Å²) in [4.78, 5) is 50.3. The number of aliphatic hydroxyl groups is 23. The van der Waals surface area contributed by atoms with Crippen LogP contribution in [-0.2, 0) is 85.5 Å². The van der Waals surface area contributed by atoms with Crippen LogP contribution in [0.4, 0.5) is 0 Å². The molecule has 0 aromatic carbocycles. The van der Waals surface area contributed by atoms with Gasteiger partial charge in [-0.2, -0.15) is 0 Å². The number of rotatable bonds is 30. The van der Waals surface area contributed by atoms with Gasteiger partial charge in [-0.05, 0) is 0 Å². The van der Waals surface area contributed by atoms with E-state index < -0.39 is 322 Å². The van der Waals surface area contributed by atoms with Gasteiger partial charge in [0.1, 0.15) is 189 Å². The van der Waals surface area contributed by atoms with Crippen LogP contribution in [0, 0.1) is 0 Å². The molecule has 45 nitrogen and oxygen atoms in total. The lowest BCUT2D eigenvalue weighted by Crippen LogP contribution is -2.71. The van der Waals surface area contributed by atoms with E-state index in [1.807, 2.05) is 0 Å². The minimum Gasteiger partial charge on any atom is -0.394 e. The van der Waals surface area contributed by atoms with Crippen LogP contribution in [0.25, 0.3) is 0 Å². The predicted molar refractivity (Wildman–Crippen MR) is 313 cm³/mol. The van der Waals surface area contributed by atoms with Gasteiger partial charge in [0.15, 0.2) is 44.0 Å². The van der Waals surface area contributed by atoms with Gasteiger partial charge in [0, 0.05) is 27.7 Å². The van der Waals surface area contributed by atoms with Crippen molar-refractivity contribution < 1.29 is 203 Å². The SMILES string of the molecule is CC(=O)N[C@H]1[C@H](O[C@H]2[C@@H](O)[C@@H](CO)O[C@@H](O[C@H]3[C@H](O)[C@@H](NC(C)=O)[C@H](O[C@H]4[C@@H](O)[C@@H](CO)O[C@@H](O[C@H]5[C@H](O)[C@@H](NC(C)=O)[C@H](O[C@H]6[C@@H](O)[C@@H](CO)O[C@@H](O[C@@H]([C@@H](O)[C@H](O)CO)[C@H](CO)NC(C)=O)[C@@H]6O)O[C@@H]5CO)[C@@H]4O)O[C@@H]3CO)[C@@H]2O)O[C@H](CO)[C@@H](O[C@@H]2O[C@H](CO)[C@H](O)[C@H](O)[C@H]2O)[C@@H]1O. The maximum Gasteiger partial charge on any atom is 0.217 e. The highest BCUT2D eigenvalue weighted by Crippen LogP contribution is 2.39. The molecule has 586 valence electrons. The first-order valence-corrected chi connectivity index (χ1v) is 32.0. The highest BCUT2D eigenvalue weighted by molar-refractivity contribution is 5.74. The van der Waals surface area contributed by atoms with E-state index in [-0.39, 0.29) is 0 Å². The summed E-state index contributed by atoms with van der Waals surface area (Å²) in [6.45, 7) is -5.69. The Morgan fingerprint density at radius 2 is 0.594 bits per heavy atom. The summed E-state index contributed by atoms with van der Waals surface area (Å²) in [6.07, 6.45) is -70.6. The highest BCUT2D eigenvalue weighted by atomic mass is 16.8. The maximum absolute atomic E-state index is 12.9. The second kappa shape index (κ2) is 37.8. The Morgan fingerprint density at radius 3 is 0.881 bits per heavy atom. The monoisotopic (exact) mass is 1480 g/mol. The molecule has 45 heteroatoms. The fourth-order valence-corrected chi connectivity index (χ4v) is 12.7. The lowest BCUT2D eigenvalue weighted by molar-refractivity contribution is -0.388. The van der Waals surface area contributed by atoms with Crippen LogP contribution in [0.3, 0.4) is 0 Å². The molecule has 7 rings (SSSR count). The van der Waals surface area contributed by atoms with Crippen LogP contribution >= 0.6 is 0 Å². The van der Waals surface area contributed by atoms with E-state index in [0.717, 1.165) is 27.7 Å². The molecule has 101 heavy (non-hydrogen) atoms. The molecule has 0 radical (unpaired) electrons. The van der Waals surface area contributed by atoms with E-state index in [0.29, 0.717) is 0 Å². The normalized spacial score (nSPS) is 45.0. The molecule has 7 saturated heterocycles. The van der Waals surface area contributed by atoms with Gasteiger partial charge < -0.3 is 205 Å². The topological polar surface area (TPSA) is 711 Å². The molecular formula is C56H96N4O41. The number of carbonyl (C=O) groups is 4. The third-order valence-corrected chi connectivity index (χ3v) is 17.9. The van der Waals surface area contributed by atoms with Gasteiger partial charge in [0.2, 0.25) is 23.6 Å². The molecule has 7 aliphatic heterocycles. The zero-order chi connectivity index (χ0) is 74.9. The summed E-state index contributed by atoms with van der Waals surface area (Å²) in [6, 6.07) is -7.21. The van der Waals surface area contributed by atoms with Gasteiger partial charge in [-0.15, -0.1) is 0 Å². The smallest absolute Gasteiger partial charge is 0.217 e. The van der Waals surface area contributed by atoms with Crippen molar-refractivity contribution >= 4 is 23.6 Å². The first kappa shape index (κ1) is 84.7. The summed E-state index contributed by atoms with van der Waals surface area (Å²) in [7, 11) is 0. The lowest BCUT2D eigenvalue weighted by Gasteiger charge is -2.51. The van der Waals surface area contributed by atoms with Crippen LogP contribution in [0.15, 0.2) is 0 Å². The Bertz CT molecular complexity index is 2590. The number of hydrogen-bond donors (Lipinski definition) is 27. The fourth-order valence-electron chi connectivity index (χ4n) is 12.7. The molecule has 7 aliphatic rings. The van der Waals surface area contributed by atoms with Crippen LogP contribution in [0.5, 0.6) is 0 Å². The van der Waals surface area contributed by atoms with Gasteiger partial charge in [-0.1, -0.05) is 0 Å². The Morgan fingerprint density at radius 1 is 0.317 bits per heavy atom. The second-order valence-electron chi connectivity index (χ2n) is 25.1. The quantitative estimate of drug-likeness (QED) is 0.0318. The minimum absolute atomic E-state index is 0.791. The third-order valence-electron chi connectivity index (χ3n) is 17.9. The molecule has 39 atom stereocenters. The van der Waals surface area contributed by atoms with Crippen LogP contribution in [0.2, 0.25) is 0 Å². The average molecular weight is 1480 g/mol. The Labute approximate surface area is 572 Å². The molecule has 27 N–H and O–H groups in total. The number of carbonyl (C=O) groups excluding carboxylic acids is 4. The molecule has 0 saturated carbocycles. The summed E-state index contributed by atoms with van der Waals surface area (Å²) in [5.41, 5.74) is 0. The van der Waals surface area contributed by atoms with E-state index in [1.165, 1.54) is 0 Å². The molecule has 4 amide bonds. The van der Waals surface area contributed by atoms with E-state index in [9.17, 15) is 137 Å². The standard InChI is InChI=1S/C56H96N4O41/c1-14(70)57-18(5-61)43(30(75)19(74)6-62)95-54-40(85)47(32(77)21(8-64)89-54)99-51-28(59-16(3)72)36(81)45(25(12-68)93-51)97-56-42(87)49(34(79)23(10-66)91-56)101-52-29(60-17(4)73)37(82)46(26(13-69)94-52)98-55-41(86)48(33(78)22(9-65)90-55)100-50-27(58-15(2)71)35(80)44(24(11-67)92-50)96-53-39(84)38(83)31(76)20(7-63)88-53/h18-56,61-69,74-87H,5-13H2,1-4H3,(H,57,70)(H,58,71)(H,59,72)(H,60,73)/t18-,19+,20+,21+,22+,23+,24+,25+,26+,27+,28+,29+,30-,31-,32-,33-,34-,35+,36+,37+,38-,39+,40+,41+,42+,43+,44+,45+,46+,47-,48-,49-,50-,51-,52-,53-,54-,55-,56-/m0/s1. The number of aliphatic hydroxyl groups excluding tert-OH is 23. The summed E-state index contributed by atoms with van der Waals surface area (Å²) in [5, 5.41) is 260. The van der Waals surface area contributed by atoms with Crippen molar-refractivity contribution in [3.8, 4) is 0 Å². The molecule has 0 aromatic rings. The number of nitrogens with one attached hydrogen (secondary N) is 4. The van der Waals surface area contributed by atoms with Gasteiger partial charge in [-0.25, -0.2) is 0 Å². The van der Waals surface area contributed by atoms with Crippen molar-refractivity contribution in [2.24, 2.45) is 0 Å². The van der Waals surface area contributed by atoms with Crippen LogP contribution in [0.1, 0.15) is 27.7 Å². The average Bonchev–Trinajstić information content (AvgIpc) is 0.775. The van der Waals surface area contributed by atoms with Crippen molar-refractivity contribution in [2.75, 3.05) is 59.5 Å². The van der Waals surface area contributed by atoms with Gasteiger partial charge in [0.05, 0.1) is 65.5 Å². The minimum atomic E-state index is -2.35. The molecule has 7 fully saturated rings. The zero-order valence-corrected chi connectivity index (χ0v) is 54.5. The van der Waals surface area contributed by atoms with E-state index in [4.69, 9.17) is 66.3 Å². The molecule has 0 aromatic heterocycles. The highest BCUT2D eigenvalue weighted by Gasteiger charge is 2.60. The molecular weight excluding hydrogens is 1380 g/mol. The van der Waals surface area contributed by atoms with E-state index in [1.54, 1.807) is 0 Å². The van der Waals surface area contributed by atoms with Crippen molar-refractivity contribution in [1.82, 2.24) is 21.3 Å². The third kappa shape index (κ3) is 19.4. The number of amides is 4. The Hall–Kier alpha value is -3.60. The molecule has 0 unspecified atom stereocenters. The van der Waals surface area contributed by atoms with Gasteiger partial charge in [0.25, 0.3) is 0 Å². The lowest BCUT2D eigenvalue weighted by atomic mass is 9.93. The van der Waals surface area contributed by atoms with Crippen molar-refractivity contribution in [2.45, 2.75) is 267 Å². The van der Waals surface area contributed by atoms with E-state index >= 15 is 0 Å². The summed E-state index contributed by atoms with van der Waals surface area (Å²) >= 11 is 0. The van der Waals surface area contributed by atoms with Gasteiger partial charge >= 0.3 is 0 Å². The Kier molecular flexibility index (Phi) is 31.7. The molecule has 0 spiro atoms. The maximum atomic E-state index is 12.9. The summed E-state index contributed by atoms with van der Waals surface area (Å²) in [5.74, 6) is -3.53. The van der Waals surface area contributed by atoms with Crippen molar-refractivity contribution in [1.29, 1.82) is 0 Å². The molecule has 7 heterocycles. The van der Waals surface area contributed by atoms with Crippen molar-refractivity contribution in [3.63, 3.8) is 0 Å². The first-order chi connectivity index (χ1) is 47.8. The van der Waals surface area contributed by atoms with Crippen molar-refractivity contribution in [3.05, 3.63) is 0 Å². The van der Waals surface area contributed by atoms with Gasteiger partial charge in [-0.3, -0.25) is 19.2 Å². The number of ether oxygens (including phenoxy) is 14. The second-order valence-corrected chi connectivity index (χ2v) is 25.1. The fraction of sp³-hybridized carbons (Fsp3) is 0.929. The van der Waals surface area contributed by atoms with E-state index in [2.05, 4.69) is 21.3 Å². The number of hydrogen-bond acceptors (Lipinski definition) is 41. The first-order valence-electron chi connectivity index (χ1n) is 32.0. The zero-order valence-electron chi connectivity index (χ0n) is 54.5. The predicted octanol–water partition coefficient (Wildman–Crippen LogP) is -18.2. The van der Waals surface area contributed by atoms with Crippen LogP contribution < -0.4 is 21.3 Å². The molecule has 0 aliphatic carbocycles. The summed E-state index contributed by atoms with van der Waals surface area (Å²) < 4.78 is 81.5. The Balaban J connectivity index is 1.09. The van der Waals surface area contributed by atoms with Crippen LogP contribution in [-0.4, -0.2) is 440 Å².